The molecule has 0 radical (unpaired) electrons. The van der Waals surface area contributed by atoms with Crippen LogP contribution in [0.2, 0.25) is 0 Å². The molecule has 2 unspecified atom stereocenters. The molecule has 1 fully saturated rings. The van der Waals surface area contributed by atoms with Crippen LogP contribution in [0.25, 0.3) is 0 Å². The van der Waals surface area contributed by atoms with Crippen molar-refractivity contribution in [3.8, 4) is 0 Å². The van der Waals surface area contributed by atoms with Crippen LogP contribution in [0.15, 0.2) is 11.4 Å². The van der Waals surface area contributed by atoms with Crippen molar-refractivity contribution >= 4 is 17.2 Å². The zero-order chi connectivity index (χ0) is 14.1. The van der Waals surface area contributed by atoms with Gasteiger partial charge in [0.15, 0.2) is 0 Å². The van der Waals surface area contributed by atoms with Crippen molar-refractivity contribution in [2.24, 2.45) is 0 Å². The summed E-state index contributed by atoms with van der Waals surface area (Å²) in [6.45, 7) is 2.71. The summed E-state index contributed by atoms with van der Waals surface area (Å²) >= 11 is 1.87. The highest BCUT2D eigenvalue weighted by Gasteiger charge is 2.36. The first-order valence-electron chi connectivity index (χ1n) is 7.42. The van der Waals surface area contributed by atoms with E-state index in [1.807, 2.05) is 25.4 Å². The van der Waals surface area contributed by atoms with Gasteiger partial charge < -0.3 is 10.2 Å². The van der Waals surface area contributed by atoms with Crippen LogP contribution < -0.4 is 5.32 Å². The Bertz CT molecular complexity index is 485. The first-order valence-corrected chi connectivity index (χ1v) is 8.30. The Morgan fingerprint density at radius 3 is 3.15 bits per heavy atom. The minimum Gasteiger partial charge on any atom is -0.347 e. The average Bonchev–Trinajstić information content (AvgIpc) is 2.94. The molecule has 0 spiro atoms. The standard InChI is InChI=1S/C15H23N3OS/c1-17(2)15(19)13-10-16-7-8-18(13)12-4-3-5-14-11(12)6-9-20-14/h6,9,12-13,16H,3-5,7-8,10H2,1-2H3. The number of nitrogens with zero attached hydrogens (tertiary/aromatic N) is 2. The molecule has 0 aromatic carbocycles. The molecule has 0 saturated carbocycles. The monoisotopic (exact) mass is 293 g/mol. The fourth-order valence-electron chi connectivity index (χ4n) is 3.43. The van der Waals surface area contributed by atoms with Gasteiger partial charge in [-0.05, 0) is 36.3 Å². The van der Waals surface area contributed by atoms with Gasteiger partial charge in [0, 0.05) is 44.6 Å². The van der Waals surface area contributed by atoms with Gasteiger partial charge in [-0.15, -0.1) is 11.3 Å². The Hall–Kier alpha value is -0.910. The van der Waals surface area contributed by atoms with Crippen LogP contribution in [0.3, 0.4) is 0 Å². The highest BCUT2D eigenvalue weighted by molar-refractivity contribution is 7.10. The summed E-state index contributed by atoms with van der Waals surface area (Å²) in [7, 11) is 3.71. The largest absolute Gasteiger partial charge is 0.347 e. The van der Waals surface area contributed by atoms with Crippen LogP contribution in [0.4, 0.5) is 0 Å². The maximum absolute atomic E-state index is 12.4. The van der Waals surface area contributed by atoms with Gasteiger partial charge in [0.2, 0.25) is 5.91 Å². The van der Waals surface area contributed by atoms with E-state index in [9.17, 15) is 4.79 Å². The fraction of sp³-hybridized carbons (Fsp3) is 0.667. The van der Waals surface area contributed by atoms with Gasteiger partial charge in [0.1, 0.15) is 6.04 Å². The van der Waals surface area contributed by atoms with Crippen molar-refractivity contribution in [3.63, 3.8) is 0 Å². The number of thiophene rings is 1. The molecule has 0 bridgehead atoms. The highest BCUT2D eigenvalue weighted by Crippen LogP contribution is 2.38. The van der Waals surface area contributed by atoms with Gasteiger partial charge in [0.25, 0.3) is 0 Å². The van der Waals surface area contributed by atoms with Crippen LogP contribution in [0.1, 0.15) is 29.3 Å². The van der Waals surface area contributed by atoms with Crippen molar-refractivity contribution < 1.29 is 4.79 Å². The number of rotatable bonds is 2. The Morgan fingerprint density at radius 1 is 1.50 bits per heavy atom. The predicted octanol–water partition coefficient (Wildman–Crippen LogP) is 1.49. The number of amides is 1. The molecule has 1 aliphatic carbocycles. The van der Waals surface area contributed by atoms with Gasteiger partial charge in [-0.1, -0.05) is 0 Å². The molecule has 1 aromatic heterocycles. The van der Waals surface area contributed by atoms with Gasteiger partial charge in [-0.2, -0.15) is 0 Å². The first-order chi connectivity index (χ1) is 9.68. The number of carbonyl (C=O) groups is 1. The summed E-state index contributed by atoms with van der Waals surface area (Å²) < 4.78 is 0. The number of likely N-dealkylation sites (N-methyl/N-ethyl adjacent to an activating group) is 1. The molecule has 20 heavy (non-hydrogen) atoms. The SMILES string of the molecule is CN(C)C(=O)C1CNCCN1C1CCCc2sccc21. The number of piperazine rings is 1. The number of fused-ring (bicyclic) bond motifs is 1. The summed E-state index contributed by atoms with van der Waals surface area (Å²) in [5.74, 6) is 0.222. The molecule has 1 amide bonds. The number of hydrogen-bond donors (Lipinski definition) is 1. The van der Waals surface area contributed by atoms with E-state index in [1.54, 1.807) is 4.90 Å². The lowest BCUT2D eigenvalue weighted by atomic mass is 9.91. The van der Waals surface area contributed by atoms with Crippen LogP contribution in [-0.2, 0) is 11.2 Å². The smallest absolute Gasteiger partial charge is 0.240 e. The summed E-state index contributed by atoms with van der Waals surface area (Å²) in [4.78, 5) is 18.1. The minimum absolute atomic E-state index is 0.0189. The van der Waals surface area contributed by atoms with Gasteiger partial charge in [-0.25, -0.2) is 0 Å². The Labute approximate surface area is 124 Å². The van der Waals surface area contributed by atoms with Gasteiger partial charge in [0.05, 0.1) is 0 Å². The summed E-state index contributed by atoms with van der Waals surface area (Å²) in [6, 6.07) is 2.68. The number of aryl methyl sites for hydroxylation is 1. The van der Waals surface area contributed by atoms with E-state index < -0.39 is 0 Å². The molecule has 2 heterocycles. The van der Waals surface area contributed by atoms with Crippen molar-refractivity contribution in [2.45, 2.75) is 31.3 Å². The first kappa shape index (κ1) is 14.0. The maximum atomic E-state index is 12.4. The Morgan fingerprint density at radius 2 is 2.35 bits per heavy atom. The molecule has 4 nitrogen and oxygen atoms in total. The number of carbonyl (C=O) groups excluding carboxylic acids is 1. The van der Waals surface area contributed by atoms with Gasteiger partial charge >= 0.3 is 0 Å². The molecule has 3 rings (SSSR count). The Kier molecular flexibility index (Phi) is 4.10. The highest BCUT2D eigenvalue weighted by atomic mass is 32.1. The normalized spacial score (nSPS) is 27.1. The Balaban J connectivity index is 1.86. The zero-order valence-corrected chi connectivity index (χ0v) is 13.1. The predicted molar refractivity (Wildman–Crippen MR) is 82.1 cm³/mol. The lowest BCUT2D eigenvalue weighted by molar-refractivity contribution is -0.136. The fourth-order valence-corrected chi connectivity index (χ4v) is 4.41. The van der Waals surface area contributed by atoms with Crippen LogP contribution in [0, 0.1) is 0 Å². The van der Waals surface area contributed by atoms with Crippen molar-refractivity contribution in [1.82, 2.24) is 15.1 Å². The molecule has 1 N–H and O–H groups in total. The number of nitrogens with one attached hydrogen (secondary N) is 1. The summed E-state index contributed by atoms with van der Waals surface area (Å²) in [5, 5.41) is 5.57. The van der Waals surface area contributed by atoms with Crippen LogP contribution in [0.5, 0.6) is 0 Å². The van der Waals surface area contributed by atoms with E-state index in [4.69, 9.17) is 0 Å². The van der Waals surface area contributed by atoms with Gasteiger partial charge in [-0.3, -0.25) is 9.69 Å². The van der Waals surface area contributed by atoms with Crippen LogP contribution >= 0.6 is 11.3 Å². The maximum Gasteiger partial charge on any atom is 0.240 e. The zero-order valence-electron chi connectivity index (χ0n) is 12.3. The third-order valence-corrected chi connectivity index (χ3v) is 5.43. The second kappa shape index (κ2) is 5.84. The van der Waals surface area contributed by atoms with E-state index in [0.29, 0.717) is 6.04 Å². The van der Waals surface area contributed by atoms with E-state index in [0.717, 1.165) is 19.6 Å². The average molecular weight is 293 g/mol. The molecule has 5 heteroatoms. The second-order valence-corrected chi connectivity index (χ2v) is 6.90. The van der Waals surface area contributed by atoms with Crippen LogP contribution in [-0.4, -0.2) is 55.5 Å². The van der Waals surface area contributed by atoms with E-state index in [2.05, 4.69) is 21.7 Å². The van der Waals surface area contributed by atoms with Crippen molar-refractivity contribution in [3.05, 3.63) is 21.9 Å². The molecule has 110 valence electrons. The van der Waals surface area contributed by atoms with E-state index in [1.165, 1.54) is 29.7 Å². The summed E-state index contributed by atoms with van der Waals surface area (Å²) in [6.07, 6.45) is 3.63. The molecule has 1 aliphatic heterocycles. The lowest BCUT2D eigenvalue weighted by Crippen LogP contribution is -2.58. The second-order valence-electron chi connectivity index (χ2n) is 5.90. The molecule has 1 aromatic rings. The molecule has 2 atom stereocenters. The molecule has 1 saturated heterocycles. The summed E-state index contributed by atoms with van der Waals surface area (Å²) in [5.41, 5.74) is 1.47. The van der Waals surface area contributed by atoms with E-state index >= 15 is 0 Å². The molecular weight excluding hydrogens is 270 g/mol. The third-order valence-electron chi connectivity index (χ3n) is 4.43. The third kappa shape index (κ3) is 2.50. The topological polar surface area (TPSA) is 35.6 Å². The van der Waals surface area contributed by atoms with Crippen molar-refractivity contribution in [2.75, 3.05) is 33.7 Å². The van der Waals surface area contributed by atoms with E-state index in [-0.39, 0.29) is 11.9 Å². The quantitative estimate of drug-likeness (QED) is 0.897. The number of hydrogen-bond acceptors (Lipinski definition) is 4. The molecule has 2 aliphatic rings. The lowest BCUT2D eigenvalue weighted by Gasteiger charge is -2.43. The molecular formula is C15H23N3OS. The van der Waals surface area contributed by atoms with Crippen molar-refractivity contribution in [1.29, 1.82) is 0 Å². The minimum atomic E-state index is -0.0189.